The van der Waals surface area contributed by atoms with Crippen molar-refractivity contribution in [3.63, 3.8) is 0 Å². The molecule has 0 unspecified atom stereocenters. The molecule has 4 aromatic rings. The monoisotopic (exact) mass is 622 g/mol. The summed E-state index contributed by atoms with van der Waals surface area (Å²) in [6, 6.07) is 13.7. The Kier molecular flexibility index (Phi) is 7.22. The van der Waals surface area contributed by atoms with Crippen LogP contribution in [0.4, 0.5) is 0 Å². The molecule has 0 aliphatic rings. The van der Waals surface area contributed by atoms with Gasteiger partial charge in [-0.1, -0.05) is 0 Å². The van der Waals surface area contributed by atoms with Gasteiger partial charge in [-0.2, -0.15) is 0 Å². The molecule has 1 atom stereocenters. The number of nitrogens with one attached hydrogen (secondary N) is 1. The number of carbonyl (C=O) groups is 1. The molecule has 0 saturated heterocycles. The SMILES string of the molecule is COc1ccc(S(=O)(=O)c2c[nH]c3ccc(Oc4c(Br)cc(C[C@H](N)C(=O)O)cc4Br)cc23)cc1. The number of carboxylic acid groups (broad SMARTS) is 1. The highest BCUT2D eigenvalue weighted by molar-refractivity contribution is 9.11. The van der Waals surface area contributed by atoms with Crippen molar-refractivity contribution < 1.29 is 27.8 Å². The first-order valence-corrected chi connectivity index (χ1v) is 13.3. The average molecular weight is 624 g/mol. The van der Waals surface area contributed by atoms with Crippen molar-refractivity contribution in [2.24, 2.45) is 5.73 Å². The molecule has 0 fully saturated rings. The molecule has 0 amide bonds. The second-order valence-corrected chi connectivity index (χ2v) is 11.3. The van der Waals surface area contributed by atoms with E-state index in [1.807, 2.05) is 0 Å². The van der Waals surface area contributed by atoms with Gasteiger partial charge >= 0.3 is 5.97 Å². The number of H-pyrrole nitrogens is 1. The standard InChI is InChI=1S/C24H20Br2N2O6S/c1-33-14-2-5-16(6-3-14)35(31,32)22-12-28-21-7-4-15(11-17(21)22)34-23-18(25)8-13(9-19(23)26)10-20(27)24(29)30/h2-9,11-12,20,28H,10,27H2,1H3,(H,29,30)/t20-/m0/s1. The summed E-state index contributed by atoms with van der Waals surface area (Å²) in [6.45, 7) is 0. The van der Waals surface area contributed by atoms with Crippen LogP contribution in [0.1, 0.15) is 5.56 Å². The van der Waals surface area contributed by atoms with Crippen LogP contribution in [0.3, 0.4) is 0 Å². The summed E-state index contributed by atoms with van der Waals surface area (Å²) in [6.07, 6.45) is 1.61. The van der Waals surface area contributed by atoms with E-state index in [-0.39, 0.29) is 16.2 Å². The van der Waals surface area contributed by atoms with E-state index in [1.165, 1.54) is 25.4 Å². The minimum absolute atomic E-state index is 0.124. The Hall–Kier alpha value is -2.86. The lowest BCUT2D eigenvalue weighted by Crippen LogP contribution is -2.32. The molecule has 0 aliphatic carbocycles. The first-order chi connectivity index (χ1) is 16.6. The molecule has 0 aliphatic heterocycles. The Labute approximate surface area is 218 Å². The number of hydrogen-bond donors (Lipinski definition) is 3. The maximum absolute atomic E-state index is 13.3. The van der Waals surface area contributed by atoms with E-state index in [2.05, 4.69) is 36.8 Å². The van der Waals surface area contributed by atoms with Gasteiger partial charge in [0.2, 0.25) is 9.84 Å². The van der Waals surface area contributed by atoms with E-state index in [0.717, 1.165) is 0 Å². The third-order valence-electron chi connectivity index (χ3n) is 5.33. The first kappa shape index (κ1) is 25.2. The molecule has 35 heavy (non-hydrogen) atoms. The number of hydrogen-bond acceptors (Lipinski definition) is 6. The minimum Gasteiger partial charge on any atom is -0.497 e. The third kappa shape index (κ3) is 5.22. The molecule has 4 N–H and O–H groups in total. The van der Waals surface area contributed by atoms with Crippen LogP contribution in [-0.2, 0) is 21.1 Å². The van der Waals surface area contributed by atoms with Crippen molar-refractivity contribution in [2.75, 3.05) is 7.11 Å². The van der Waals surface area contributed by atoms with E-state index in [9.17, 15) is 13.2 Å². The van der Waals surface area contributed by atoms with Crippen LogP contribution < -0.4 is 15.2 Å². The van der Waals surface area contributed by atoms with Crippen molar-refractivity contribution >= 4 is 58.6 Å². The summed E-state index contributed by atoms with van der Waals surface area (Å²) < 4.78 is 38.9. The number of benzene rings is 3. The highest BCUT2D eigenvalue weighted by atomic mass is 79.9. The minimum atomic E-state index is -3.80. The molecule has 8 nitrogen and oxygen atoms in total. The molecule has 11 heteroatoms. The number of aromatic amines is 1. The predicted molar refractivity (Wildman–Crippen MR) is 138 cm³/mol. The first-order valence-electron chi connectivity index (χ1n) is 10.2. The number of sulfone groups is 1. The number of nitrogens with two attached hydrogens (primary N) is 1. The van der Waals surface area contributed by atoms with Gasteiger partial charge in [0.25, 0.3) is 0 Å². The van der Waals surface area contributed by atoms with Gasteiger partial charge in [0.15, 0.2) is 5.75 Å². The van der Waals surface area contributed by atoms with E-state index in [1.54, 1.807) is 42.5 Å². The zero-order valence-corrected chi connectivity index (χ0v) is 22.3. The van der Waals surface area contributed by atoms with Gasteiger partial charge in [-0.3, -0.25) is 4.79 Å². The van der Waals surface area contributed by atoms with Gasteiger partial charge in [0.1, 0.15) is 17.5 Å². The Morgan fingerprint density at radius 1 is 1.06 bits per heavy atom. The summed E-state index contributed by atoms with van der Waals surface area (Å²) in [5.74, 6) is 0.343. The van der Waals surface area contributed by atoms with Crippen molar-refractivity contribution in [3.05, 3.63) is 75.3 Å². The van der Waals surface area contributed by atoms with Crippen LogP contribution in [-0.4, -0.2) is 37.6 Å². The highest BCUT2D eigenvalue weighted by Crippen LogP contribution is 2.39. The number of rotatable bonds is 8. The lowest BCUT2D eigenvalue weighted by atomic mass is 10.1. The van der Waals surface area contributed by atoms with Crippen molar-refractivity contribution in [2.45, 2.75) is 22.3 Å². The Bertz CT molecular complexity index is 1490. The third-order valence-corrected chi connectivity index (χ3v) is 8.31. The fourth-order valence-electron chi connectivity index (χ4n) is 3.53. The second kappa shape index (κ2) is 10.0. The topological polar surface area (TPSA) is 132 Å². The van der Waals surface area contributed by atoms with E-state index in [4.69, 9.17) is 20.3 Å². The van der Waals surface area contributed by atoms with Crippen LogP contribution in [0.15, 0.2) is 79.5 Å². The number of fused-ring (bicyclic) bond motifs is 1. The fraction of sp³-hybridized carbons (Fsp3) is 0.125. The molecule has 0 bridgehead atoms. The Balaban J connectivity index is 1.67. The summed E-state index contributed by atoms with van der Waals surface area (Å²) in [5.41, 5.74) is 6.99. The largest absolute Gasteiger partial charge is 0.497 e. The van der Waals surface area contributed by atoms with Crippen molar-refractivity contribution in [1.29, 1.82) is 0 Å². The smallest absolute Gasteiger partial charge is 0.320 e. The van der Waals surface area contributed by atoms with Gasteiger partial charge in [-0.15, -0.1) is 0 Å². The van der Waals surface area contributed by atoms with Crippen LogP contribution in [0, 0.1) is 0 Å². The predicted octanol–water partition coefficient (Wildman–Crippen LogP) is 5.28. The number of aliphatic carboxylic acids is 1. The zero-order chi connectivity index (χ0) is 25.3. The van der Waals surface area contributed by atoms with Gasteiger partial charge in [-0.25, -0.2) is 8.42 Å². The van der Waals surface area contributed by atoms with Crippen molar-refractivity contribution in [3.8, 4) is 17.2 Å². The van der Waals surface area contributed by atoms with Gasteiger partial charge in [-0.05, 0) is 98.4 Å². The highest BCUT2D eigenvalue weighted by Gasteiger charge is 2.23. The van der Waals surface area contributed by atoms with Gasteiger partial charge < -0.3 is 25.3 Å². The molecule has 182 valence electrons. The summed E-state index contributed by atoms with van der Waals surface area (Å²) >= 11 is 6.92. The number of methoxy groups -OCH3 is 1. The van der Waals surface area contributed by atoms with Gasteiger partial charge in [0.05, 0.1) is 25.8 Å². The lowest BCUT2D eigenvalue weighted by Gasteiger charge is -2.13. The number of ether oxygens (including phenoxy) is 2. The molecule has 1 heterocycles. The maximum Gasteiger partial charge on any atom is 0.320 e. The number of halogens is 2. The van der Waals surface area contributed by atoms with E-state index in [0.29, 0.717) is 42.7 Å². The van der Waals surface area contributed by atoms with Gasteiger partial charge in [0, 0.05) is 17.1 Å². The summed E-state index contributed by atoms with van der Waals surface area (Å²) in [4.78, 5) is 14.3. The summed E-state index contributed by atoms with van der Waals surface area (Å²) in [7, 11) is -2.28. The maximum atomic E-state index is 13.3. The van der Waals surface area contributed by atoms with E-state index >= 15 is 0 Å². The quantitative estimate of drug-likeness (QED) is 0.243. The molecule has 0 spiro atoms. The van der Waals surface area contributed by atoms with Crippen LogP contribution in [0.5, 0.6) is 17.2 Å². The van der Waals surface area contributed by atoms with Crippen LogP contribution in [0.25, 0.3) is 10.9 Å². The fourth-order valence-corrected chi connectivity index (χ4v) is 6.39. The molecule has 0 radical (unpaired) electrons. The molecular formula is C24H20Br2N2O6S. The number of aromatic nitrogens is 1. The Morgan fingerprint density at radius 2 is 1.69 bits per heavy atom. The zero-order valence-electron chi connectivity index (χ0n) is 18.3. The van der Waals surface area contributed by atoms with E-state index < -0.39 is 21.8 Å². The average Bonchev–Trinajstić information content (AvgIpc) is 3.25. The Morgan fingerprint density at radius 3 is 2.29 bits per heavy atom. The number of carboxylic acids is 1. The molecule has 4 rings (SSSR count). The molecular weight excluding hydrogens is 604 g/mol. The lowest BCUT2D eigenvalue weighted by molar-refractivity contribution is -0.138. The second-order valence-electron chi connectivity index (χ2n) is 7.68. The molecule has 3 aromatic carbocycles. The van der Waals surface area contributed by atoms with Crippen LogP contribution in [0.2, 0.25) is 0 Å². The molecule has 1 aromatic heterocycles. The van der Waals surface area contributed by atoms with Crippen molar-refractivity contribution in [1.82, 2.24) is 4.98 Å². The normalized spacial score (nSPS) is 12.5. The van der Waals surface area contributed by atoms with Crippen LogP contribution >= 0.6 is 31.9 Å². The molecule has 0 saturated carbocycles. The summed E-state index contributed by atoms with van der Waals surface area (Å²) in [5, 5.41) is 9.53.